The number of nitrogens with one attached hydrogen (secondary N) is 5. The summed E-state index contributed by atoms with van der Waals surface area (Å²) in [6, 6.07) is 21.8. The van der Waals surface area contributed by atoms with Crippen LogP contribution in [0.4, 0.5) is 21.5 Å². The number of fused-ring (bicyclic) bond motifs is 4. The highest BCUT2D eigenvalue weighted by Gasteiger charge is 2.72. The first-order valence-electron chi connectivity index (χ1n) is 21.9. The Kier molecular flexibility index (Phi) is 10.8. The Hall–Kier alpha value is -5.34. The minimum absolute atomic E-state index is 0.0960. The number of benzene rings is 4. The minimum atomic E-state index is -1.35. The first kappa shape index (κ1) is 41.7. The number of halogens is 3. The van der Waals surface area contributed by atoms with Gasteiger partial charge in [0.05, 0.1) is 17.1 Å². The molecule has 0 bridgehead atoms. The van der Waals surface area contributed by atoms with Crippen molar-refractivity contribution in [2.45, 2.75) is 106 Å². The van der Waals surface area contributed by atoms with Gasteiger partial charge >= 0.3 is 0 Å². The van der Waals surface area contributed by atoms with Crippen LogP contribution >= 0.6 is 23.2 Å². The van der Waals surface area contributed by atoms with Gasteiger partial charge in [-0.1, -0.05) is 72.8 Å². The average Bonchev–Trinajstić information content (AvgIpc) is 3.93. The lowest BCUT2D eigenvalue weighted by Crippen LogP contribution is -2.60. The first-order valence-corrected chi connectivity index (χ1v) is 22.7. The van der Waals surface area contributed by atoms with Gasteiger partial charge in [-0.15, -0.1) is 0 Å². The van der Waals surface area contributed by atoms with Gasteiger partial charge in [-0.3, -0.25) is 39.5 Å². The van der Waals surface area contributed by atoms with Gasteiger partial charge in [0.2, 0.25) is 23.6 Å². The lowest BCUT2D eigenvalue weighted by molar-refractivity contribution is -0.137. The van der Waals surface area contributed by atoms with Crippen LogP contribution in [0.3, 0.4) is 0 Å². The molecule has 4 aromatic rings. The van der Waals surface area contributed by atoms with Gasteiger partial charge in [0.1, 0.15) is 11.2 Å². The maximum atomic E-state index is 16.3. The largest absolute Gasteiger partial charge is 0.382 e. The first-order chi connectivity index (χ1) is 30.5. The summed E-state index contributed by atoms with van der Waals surface area (Å²) in [4.78, 5) is 71.4. The Balaban J connectivity index is 0.830. The fourth-order valence-electron chi connectivity index (χ4n) is 11.6. The molecule has 6 aliphatic rings. The van der Waals surface area contributed by atoms with E-state index >= 15 is 4.39 Å². The number of carbonyl (C=O) groups excluding carboxylic acids is 5. The molecule has 0 radical (unpaired) electrons. The zero-order valence-electron chi connectivity index (χ0n) is 34.6. The van der Waals surface area contributed by atoms with E-state index in [1.165, 1.54) is 11.6 Å². The molecule has 5 N–H and O–H groups in total. The van der Waals surface area contributed by atoms with Gasteiger partial charge in [0.25, 0.3) is 5.91 Å². The number of amides is 5. The molecule has 15 heteroatoms. The van der Waals surface area contributed by atoms with Crippen LogP contribution in [0.15, 0.2) is 78.9 Å². The van der Waals surface area contributed by atoms with Crippen LogP contribution in [-0.2, 0) is 37.7 Å². The summed E-state index contributed by atoms with van der Waals surface area (Å²) in [6.45, 7) is 2.40. The van der Waals surface area contributed by atoms with Gasteiger partial charge in [-0.05, 0) is 103 Å². The molecule has 2 spiro atoms. The summed E-state index contributed by atoms with van der Waals surface area (Å²) in [5.41, 5.74) is 3.51. The molecule has 63 heavy (non-hydrogen) atoms. The number of hydrogen-bond donors (Lipinski definition) is 5. The van der Waals surface area contributed by atoms with E-state index in [0.717, 1.165) is 43.4 Å². The van der Waals surface area contributed by atoms with E-state index in [1.54, 1.807) is 48.5 Å². The van der Waals surface area contributed by atoms with E-state index < -0.39 is 34.6 Å². The Morgan fingerprint density at radius 3 is 2.37 bits per heavy atom. The third-order valence-electron chi connectivity index (χ3n) is 14.5. The second kappa shape index (κ2) is 16.3. The molecule has 4 aromatic carbocycles. The van der Waals surface area contributed by atoms with Gasteiger partial charge in [-0.2, -0.15) is 0 Å². The maximum absolute atomic E-state index is 16.3. The molecule has 0 aromatic heterocycles. The summed E-state index contributed by atoms with van der Waals surface area (Å²) in [6.07, 6.45) is 6.21. The van der Waals surface area contributed by atoms with Crippen molar-refractivity contribution in [3.63, 3.8) is 0 Å². The fourth-order valence-corrected chi connectivity index (χ4v) is 12.0. The second-order valence-electron chi connectivity index (χ2n) is 17.9. The number of anilines is 3. The highest BCUT2D eigenvalue weighted by Crippen LogP contribution is 2.63. The van der Waals surface area contributed by atoms with Gasteiger partial charge in [-0.25, -0.2) is 4.39 Å². The quantitative estimate of drug-likeness (QED) is 0.122. The van der Waals surface area contributed by atoms with Crippen molar-refractivity contribution in [2.75, 3.05) is 29.0 Å². The molecule has 4 fully saturated rings. The molecular weight excluding hydrogens is 844 g/mol. The van der Waals surface area contributed by atoms with Crippen LogP contribution < -0.4 is 26.6 Å². The Bertz CT molecular complexity index is 2540. The number of likely N-dealkylation sites (tertiary alicyclic amines) is 1. The molecule has 10 rings (SSSR count). The van der Waals surface area contributed by atoms with E-state index in [1.807, 2.05) is 17.0 Å². The Morgan fingerprint density at radius 1 is 0.841 bits per heavy atom. The van der Waals surface area contributed by atoms with Crippen molar-refractivity contribution in [3.05, 3.63) is 123 Å². The van der Waals surface area contributed by atoms with Crippen molar-refractivity contribution in [1.82, 2.24) is 20.4 Å². The van der Waals surface area contributed by atoms with Crippen molar-refractivity contribution < 1.29 is 28.4 Å². The average molecular weight is 893 g/mol. The topological polar surface area (TPSA) is 152 Å². The third kappa shape index (κ3) is 7.08. The van der Waals surface area contributed by atoms with Crippen molar-refractivity contribution >= 4 is 69.8 Å². The molecule has 5 amide bonds. The lowest BCUT2D eigenvalue weighted by atomic mass is 9.55. The molecule has 1 aliphatic carbocycles. The highest BCUT2D eigenvalue weighted by molar-refractivity contribution is 6.31. The summed E-state index contributed by atoms with van der Waals surface area (Å²) >= 11 is 12.8. The third-order valence-corrected chi connectivity index (χ3v) is 15.0. The van der Waals surface area contributed by atoms with Crippen LogP contribution in [0.5, 0.6) is 0 Å². The Labute approximate surface area is 374 Å². The van der Waals surface area contributed by atoms with E-state index in [4.69, 9.17) is 23.2 Å². The predicted octanol–water partition coefficient (Wildman–Crippen LogP) is 7.26. The normalized spacial score (nSPS) is 25.5. The summed E-state index contributed by atoms with van der Waals surface area (Å²) in [5, 5.41) is 16.3. The minimum Gasteiger partial charge on any atom is -0.382 e. The molecule has 5 heterocycles. The monoisotopic (exact) mass is 891 g/mol. The molecule has 1 unspecified atom stereocenters. The Morgan fingerprint density at radius 2 is 1.60 bits per heavy atom. The standard InChI is InChI=1S/C48H48Cl2FN7O5/c49-29-12-15-34-37(24-29)54-46(63)48(34)40(32-7-5-8-35(50)41(32)51)42(56-47(48)20-2-1-3-21-47)44(61)53-30-13-10-27(11-14-30)45(62)57-22-18-31(19-23-57)52-36-9-4-6-28-25-58(26-33(28)36)38-16-17-39(59)55-43(38)60/h4-15,24,31,38,40,42,52,56H,1-3,16-23,25-26H2,(H,53,61)(H,54,63)(H,55,59,60)/t38?,40-,42+,48+/m0/s1. The van der Waals surface area contributed by atoms with Gasteiger partial charge in [0.15, 0.2) is 0 Å². The fraction of sp³-hybridized carbons (Fsp3) is 0.396. The lowest BCUT2D eigenvalue weighted by Gasteiger charge is -2.47. The molecule has 326 valence electrons. The zero-order chi connectivity index (χ0) is 43.6. The van der Waals surface area contributed by atoms with Gasteiger partial charge < -0.3 is 20.9 Å². The van der Waals surface area contributed by atoms with Crippen LogP contribution in [0.2, 0.25) is 10.0 Å². The molecule has 4 atom stereocenters. The van der Waals surface area contributed by atoms with Gasteiger partial charge in [0, 0.05) is 77.7 Å². The summed E-state index contributed by atoms with van der Waals surface area (Å²) in [5.74, 6) is -2.93. The molecular formula is C48H48Cl2FN7O5. The van der Waals surface area contributed by atoms with Crippen LogP contribution in [0.25, 0.3) is 0 Å². The smallest absolute Gasteiger partial charge is 0.253 e. The van der Waals surface area contributed by atoms with Crippen molar-refractivity contribution in [1.29, 1.82) is 0 Å². The number of rotatable bonds is 7. The van der Waals surface area contributed by atoms with E-state index in [9.17, 15) is 24.0 Å². The summed E-state index contributed by atoms with van der Waals surface area (Å²) in [7, 11) is 0. The van der Waals surface area contributed by atoms with E-state index in [-0.39, 0.29) is 46.3 Å². The van der Waals surface area contributed by atoms with E-state index in [0.29, 0.717) is 79.4 Å². The van der Waals surface area contributed by atoms with Crippen molar-refractivity contribution in [3.8, 4) is 0 Å². The predicted molar refractivity (Wildman–Crippen MR) is 238 cm³/mol. The second-order valence-corrected chi connectivity index (χ2v) is 18.8. The van der Waals surface area contributed by atoms with Crippen LogP contribution in [0, 0.1) is 5.82 Å². The number of nitrogens with zero attached hydrogens (tertiary/aromatic N) is 2. The molecule has 1 saturated carbocycles. The zero-order valence-corrected chi connectivity index (χ0v) is 36.1. The number of piperidine rings is 2. The molecule has 12 nitrogen and oxygen atoms in total. The van der Waals surface area contributed by atoms with Crippen LogP contribution in [0.1, 0.15) is 96.3 Å². The van der Waals surface area contributed by atoms with Crippen LogP contribution in [-0.4, -0.2) is 76.1 Å². The highest BCUT2D eigenvalue weighted by atomic mass is 35.5. The molecule has 5 aliphatic heterocycles. The van der Waals surface area contributed by atoms with Crippen molar-refractivity contribution in [2.24, 2.45) is 0 Å². The summed E-state index contributed by atoms with van der Waals surface area (Å²) < 4.78 is 16.3. The maximum Gasteiger partial charge on any atom is 0.253 e. The van der Waals surface area contributed by atoms with E-state index in [2.05, 4.69) is 43.6 Å². The number of imide groups is 1. The SMILES string of the molecule is O=C1CCC(N2Cc3cccc(NC4CCN(C(=O)c5ccc(NC(=O)[C@@H]6NC7(CCCCC7)[C@@]7(C(=O)Nc8cc(Cl)ccc87)[C@H]6c6cccc(Cl)c6F)cc5)CC4)c3C2)C(=O)N1. The number of carbonyl (C=O) groups is 5. The molecule has 3 saturated heterocycles. The number of hydrogen-bond acceptors (Lipinski definition) is 8.